The van der Waals surface area contributed by atoms with E-state index in [1.807, 2.05) is 11.6 Å². The Balaban J connectivity index is 1.99. The lowest BCUT2D eigenvalue weighted by Crippen LogP contribution is -2.26. The van der Waals surface area contributed by atoms with Gasteiger partial charge in [0.1, 0.15) is 5.01 Å². The van der Waals surface area contributed by atoms with Crippen molar-refractivity contribution in [2.45, 2.75) is 38.8 Å². The van der Waals surface area contributed by atoms with Crippen molar-refractivity contribution in [2.75, 3.05) is 6.54 Å². The van der Waals surface area contributed by atoms with Crippen molar-refractivity contribution in [1.82, 2.24) is 10.3 Å². The van der Waals surface area contributed by atoms with Crippen molar-refractivity contribution in [1.29, 1.82) is 0 Å². The van der Waals surface area contributed by atoms with Gasteiger partial charge in [-0.3, -0.25) is 0 Å². The van der Waals surface area contributed by atoms with Crippen LogP contribution in [-0.4, -0.2) is 17.6 Å². The summed E-state index contributed by atoms with van der Waals surface area (Å²) in [6, 6.07) is 0.351. The van der Waals surface area contributed by atoms with E-state index in [0.717, 1.165) is 30.9 Å². The minimum Gasteiger partial charge on any atom is -0.328 e. The lowest BCUT2D eigenvalue weighted by atomic mass is 10.1. The second kappa shape index (κ2) is 6.92. The molecule has 0 amide bonds. The van der Waals surface area contributed by atoms with Crippen molar-refractivity contribution in [3.63, 3.8) is 0 Å². The molecule has 0 aliphatic carbocycles. The molecule has 0 bridgehead atoms. The molecule has 0 saturated carbocycles. The first-order valence-electron chi connectivity index (χ1n) is 5.17. The summed E-state index contributed by atoms with van der Waals surface area (Å²) in [6.07, 6.45) is 5.19. The normalized spacial score (nSPS) is 13.0. The van der Waals surface area contributed by atoms with E-state index in [4.69, 9.17) is 5.73 Å². The van der Waals surface area contributed by atoms with Crippen LogP contribution in [-0.2, 0) is 6.54 Å². The zero-order chi connectivity index (χ0) is 10.2. The van der Waals surface area contributed by atoms with Gasteiger partial charge in [0.15, 0.2) is 0 Å². The maximum Gasteiger partial charge on any atom is 0.106 e. The molecule has 0 saturated heterocycles. The Morgan fingerprint density at radius 1 is 1.57 bits per heavy atom. The number of hydrogen-bond acceptors (Lipinski definition) is 4. The number of thiazole rings is 1. The van der Waals surface area contributed by atoms with Crippen LogP contribution in [0, 0.1) is 0 Å². The Morgan fingerprint density at radius 3 is 3.07 bits per heavy atom. The van der Waals surface area contributed by atoms with E-state index >= 15 is 0 Å². The summed E-state index contributed by atoms with van der Waals surface area (Å²) in [5, 5.41) is 6.49. The van der Waals surface area contributed by atoms with Crippen LogP contribution in [0.3, 0.4) is 0 Å². The largest absolute Gasteiger partial charge is 0.328 e. The predicted octanol–water partition coefficient (Wildman–Crippen LogP) is 1.75. The van der Waals surface area contributed by atoms with Crippen molar-refractivity contribution >= 4 is 11.3 Å². The summed E-state index contributed by atoms with van der Waals surface area (Å²) in [6.45, 7) is 4.03. The SMILES string of the molecule is CCCC(N)CCNCc1nccs1. The highest BCUT2D eigenvalue weighted by Gasteiger charge is 2.00. The van der Waals surface area contributed by atoms with Gasteiger partial charge in [-0.15, -0.1) is 11.3 Å². The van der Waals surface area contributed by atoms with Gasteiger partial charge in [0, 0.05) is 24.2 Å². The van der Waals surface area contributed by atoms with Gasteiger partial charge >= 0.3 is 0 Å². The zero-order valence-electron chi connectivity index (χ0n) is 8.70. The maximum absolute atomic E-state index is 5.89. The van der Waals surface area contributed by atoms with Gasteiger partial charge in [-0.2, -0.15) is 0 Å². The van der Waals surface area contributed by atoms with Crippen LogP contribution in [0.5, 0.6) is 0 Å². The van der Waals surface area contributed by atoms with Crippen LogP contribution in [0.25, 0.3) is 0 Å². The van der Waals surface area contributed by atoms with E-state index in [2.05, 4.69) is 17.2 Å². The molecule has 1 atom stereocenters. The molecular formula is C10H19N3S. The molecule has 1 aromatic heterocycles. The Labute approximate surface area is 89.7 Å². The van der Waals surface area contributed by atoms with E-state index in [1.165, 1.54) is 6.42 Å². The van der Waals surface area contributed by atoms with Gasteiger partial charge in [-0.1, -0.05) is 13.3 Å². The molecule has 4 heteroatoms. The average molecular weight is 213 g/mol. The summed E-state index contributed by atoms with van der Waals surface area (Å²) < 4.78 is 0. The predicted molar refractivity (Wildman–Crippen MR) is 61.3 cm³/mol. The zero-order valence-corrected chi connectivity index (χ0v) is 9.52. The maximum atomic E-state index is 5.89. The highest BCUT2D eigenvalue weighted by atomic mass is 32.1. The van der Waals surface area contributed by atoms with Gasteiger partial charge in [0.25, 0.3) is 0 Å². The lowest BCUT2D eigenvalue weighted by molar-refractivity contribution is 0.527. The third kappa shape index (κ3) is 4.69. The first-order valence-corrected chi connectivity index (χ1v) is 6.05. The molecule has 80 valence electrons. The van der Waals surface area contributed by atoms with Crippen LogP contribution < -0.4 is 11.1 Å². The van der Waals surface area contributed by atoms with Gasteiger partial charge in [-0.25, -0.2) is 4.98 Å². The van der Waals surface area contributed by atoms with Gasteiger partial charge in [-0.05, 0) is 19.4 Å². The number of aromatic nitrogens is 1. The molecule has 0 fully saturated rings. The summed E-state index contributed by atoms with van der Waals surface area (Å²) in [5.74, 6) is 0. The lowest BCUT2D eigenvalue weighted by Gasteiger charge is -2.09. The number of nitrogens with two attached hydrogens (primary N) is 1. The molecule has 0 radical (unpaired) electrons. The van der Waals surface area contributed by atoms with E-state index < -0.39 is 0 Å². The van der Waals surface area contributed by atoms with Crippen LogP contribution in [0.4, 0.5) is 0 Å². The number of rotatable bonds is 7. The highest BCUT2D eigenvalue weighted by molar-refractivity contribution is 7.09. The molecule has 14 heavy (non-hydrogen) atoms. The second-order valence-corrected chi connectivity index (χ2v) is 4.42. The van der Waals surface area contributed by atoms with Crippen LogP contribution >= 0.6 is 11.3 Å². The number of hydrogen-bond donors (Lipinski definition) is 2. The van der Waals surface area contributed by atoms with E-state index in [9.17, 15) is 0 Å². The summed E-state index contributed by atoms with van der Waals surface area (Å²) in [4.78, 5) is 4.19. The number of nitrogens with zero attached hydrogens (tertiary/aromatic N) is 1. The van der Waals surface area contributed by atoms with Crippen molar-refractivity contribution in [3.8, 4) is 0 Å². The van der Waals surface area contributed by atoms with Crippen LogP contribution in [0.1, 0.15) is 31.2 Å². The van der Waals surface area contributed by atoms with Crippen LogP contribution in [0.15, 0.2) is 11.6 Å². The highest BCUT2D eigenvalue weighted by Crippen LogP contribution is 2.03. The average Bonchev–Trinajstić information content (AvgIpc) is 2.65. The van der Waals surface area contributed by atoms with Gasteiger partial charge in [0.05, 0.1) is 0 Å². The summed E-state index contributed by atoms with van der Waals surface area (Å²) in [5.41, 5.74) is 5.89. The Hall–Kier alpha value is -0.450. The molecule has 0 aliphatic heterocycles. The molecule has 0 aliphatic rings. The molecular weight excluding hydrogens is 194 g/mol. The Bertz CT molecular complexity index is 223. The minimum atomic E-state index is 0.351. The Kier molecular flexibility index (Phi) is 5.75. The molecule has 3 nitrogen and oxygen atoms in total. The van der Waals surface area contributed by atoms with E-state index in [1.54, 1.807) is 11.3 Å². The van der Waals surface area contributed by atoms with Crippen LogP contribution in [0.2, 0.25) is 0 Å². The standard InChI is InChI=1S/C10H19N3S/c1-2-3-9(11)4-5-12-8-10-13-6-7-14-10/h6-7,9,12H,2-5,8,11H2,1H3. The second-order valence-electron chi connectivity index (χ2n) is 3.44. The smallest absolute Gasteiger partial charge is 0.106 e. The fraction of sp³-hybridized carbons (Fsp3) is 0.700. The molecule has 1 unspecified atom stereocenters. The fourth-order valence-electron chi connectivity index (χ4n) is 1.34. The van der Waals surface area contributed by atoms with E-state index in [-0.39, 0.29) is 0 Å². The Morgan fingerprint density at radius 2 is 2.43 bits per heavy atom. The van der Waals surface area contributed by atoms with Crippen molar-refractivity contribution < 1.29 is 0 Å². The molecule has 1 heterocycles. The fourth-order valence-corrected chi connectivity index (χ4v) is 1.92. The molecule has 0 spiro atoms. The third-order valence-electron chi connectivity index (χ3n) is 2.11. The molecule has 1 aromatic rings. The minimum absolute atomic E-state index is 0.351. The van der Waals surface area contributed by atoms with Gasteiger partial charge in [0.2, 0.25) is 0 Å². The number of nitrogens with one attached hydrogen (secondary N) is 1. The van der Waals surface area contributed by atoms with Gasteiger partial charge < -0.3 is 11.1 Å². The summed E-state index contributed by atoms with van der Waals surface area (Å²) in [7, 11) is 0. The molecule has 1 rings (SSSR count). The van der Waals surface area contributed by atoms with Crippen molar-refractivity contribution in [2.24, 2.45) is 5.73 Å². The molecule has 3 N–H and O–H groups in total. The third-order valence-corrected chi connectivity index (χ3v) is 2.89. The quantitative estimate of drug-likeness (QED) is 0.678. The first kappa shape index (κ1) is 11.6. The topological polar surface area (TPSA) is 50.9 Å². The monoisotopic (exact) mass is 213 g/mol. The van der Waals surface area contributed by atoms with E-state index in [0.29, 0.717) is 6.04 Å². The molecule has 0 aromatic carbocycles. The first-order chi connectivity index (χ1) is 6.83. The van der Waals surface area contributed by atoms with Crippen molar-refractivity contribution in [3.05, 3.63) is 16.6 Å². The summed E-state index contributed by atoms with van der Waals surface area (Å²) >= 11 is 1.69.